The molecule has 3 aromatic rings. The Bertz CT molecular complexity index is 1100. The number of aryl methyl sites for hydroxylation is 1. The van der Waals surface area contributed by atoms with E-state index in [-0.39, 0.29) is 16.6 Å². The summed E-state index contributed by atoms with van der Waals surface area (Å²) in [6, 6.07) is 8.39. The zero-order valence-corrected chi connectivity index (χ0v) is 14.6. The van der Waals surface area contributed by atoms with Crippen molar-refractivity contribution in [2.24, 2.45) is 14.1 Å². The number of hydrogen-bond acceptors (Lipinski definition) is 5. The van der Waals surface area contributed by atoms with Crippen molar-refractivity contribution in [2.45, 2.75) is 6.92 Å². The molecule has 1 N–H and O–H groups in total. The quantitative estimate of drug-likeness (QED) is 0.762. The van der Waals surface area contributed by atoms with Crippen molar-refractivity contribution < 1.29 is 9.53 Å². The first-order valence-corrected chi connectivity index (χ1v) is 8.02. The highest BCUT2D eigenvalue weighted by atomic mass is 16.5. The minimum absolute atomic E-state index is 0.203. The Morgan fingerprint density at radius 1 is 1.15 bits per heavy atom. The molecule has 0 radical (unpaired) electrons. The number of rotatable bonds is 4. The fraction of sp³-hybridized carbons (Fsp3) is 0.222. The van der Waals surface area contributed by atoms with Crippen LogP contribution in [-0.4, -0.2) is 26.6 Å². The van der Waals surface area contributed by atoms with E-state index >= 15 is 0 Å². The van der Waals surface area contributed by atoms with E-state index in [1.54, 1.807) is 24.3 Å². The summed E-state index contributed by atoms with van der Waals surface area (Å²) in [6.45, 7) is 2.45. The third-order valence-electron chi connectivity index (χ3n) is 3.98. The summed E-state index contributed by atoms with van der Waals surface area (Å²) in [4.78, 5) is 40.8. The maximum absolute atomic E-state index is 12.5. The van der Waals surface area contributed by atoms with Gasteiger partial charge >= 0.3 is 5.69 Å². The van der Waals surface area contributed by atoms with Crippen LogP contribution in [0.3, 0.4) is 0 Å². The first-order valence-electron chi connectivity index (χ1n) is 8.02. The molecule has 134 valence electrons. The maximum Gasteiger partial charge on any atom is 0.332 e. The second-order valence-corrected chi connectivity index (χ2v) is 5.71. The number of nitrogens with zero attached hydrogens (tertiary/aromatic N) is 3. The molecule has 26 heavy (non-hydrogen) atoms. The molecule has 2 heterocycles. The van der Waals surface area contributed by atoms with Crippen molar-refractivity contribution in [3.05, 3.63) is 62.9 Å². The number of carbonyl (C=O) groups is 1. The topological polar surface area (TPSA) is 95.2 Å². The average molecular weight is 354 g/mol. The molecule has 0 spiro atoms. The van der Waals surface area contributed by atoms with E-state index < -0.39 is 17.2 Å². The molecule has 8 nitrogen and oxygen atoms in total. The van der Waals surface area contributed by atoms with E-state index in [0.717, 1.165) is 4.57 Å². The van der Waals surface area contributed by atoms with Gasteiger partial charge in [0.15, 0.2) is 0 Å². The molecule has 3 rings (SSSR count). The largest absolute Gasteiger partial charge is 0.494 e. The van der Waals surface area contributed by atoms with Crippen molar-refractivity contribution >= 4 is 22.6 Å². The zero-order valence-electron chi connectivity index (χ0n) is 14.6. The monoisotopic (exact) mass is 354 g/mol. The Hall–Kier alpha value is -3.42. The Morgan fingerprint density at radius 3 is 2.50 bits per heavy atom. The molecule has 1 amide bonds. The number of nitrogens with one attached hydrogen (secondary N) is 1. The van der Waals surface area contributed by atoms with Gasteiger partial charge in [-0.05, 0) is 37.3 Å². The van der Waals surface area contributed by atoms with Gasteiger partial charge < -0.3 is 10.1 Å². The molecule has 0 aliphatic rings. The second-order valence-electron chi connectivity index (χ2n) is 5.71. The molecule has 8 heteroatoms. The molecule has 0 fully saturated rings. The van der Waals surface area contributed by atoms with Gasteiger partial charge in [0.2, 0.25) is 0 Å². The van der Waals surface area contributed by atoms with Gasteiger partial charge in [0.1, 0.15) is 11.4 Å². The van der Waals surface area contributed by atoms with Crippen LogP contribution in [0.4, 0.5) is 5.69 Å². The van der Waals surface area contributed by atoms with Gasteiger partial charge in [0, 0.05) is 26.0 Å². The summed E-state index contributed by atoms with van der Waals surface area (Å²) in [5.41, 5.74) is 0.0812. The molecular weight excluding hydrogens is 336 g/mol. The van der Waals surface area contributed by atoms with E-state index in [1.807, 2.05) is 6.92 Å². The number of amides is 1. The van der Waals surface area contributed by atoms with Gasteiger partial charge in [-0.25, -0.2) is 9.78 Å². The van der Waals surface area contributed by atoms with Crippen molar-refractivity contribution in [3.8, 4) is 5.75 Å². The standard InChI is InChI=1S/C18H18N4O4/c1-4-26-13-7-5-12(6-8-13)20-16(23)11-9-14-15(19-10-11)21(2)18(25)22(3)17(14)24/h5-10H,4H2,1-3H3,(H,20,23). The van der Waals surface area contributed by atoms with Crippen LogP contribution < -0.4 is 21.3 Å². The number of aromatic nitrogens is 3. The third kappa shape index (κ3) is 3.08. The van der Waals surface area contributed by atoms with Crippen LogP contribution in [0.2, 0.25) is 0 Å². The lowest BCUT2D eigenvalue weighted by molar-refractivity contribution is 0.102. The first-order chi connectivity index (χ1) is 12.4. The summed E-state index contributed by atoms with van der Waals surface area (Å²) < 4.78 is 7.61. The molecule has 0 atom stereocenters. The van der Waals surface area contributed by atoms with Gasteiger partial charge in [-0.15, -0.1) is 0 Å². The fourth-order valence-corrected chi connectivity index (χ4v) is 2.59. The normalized spacial score (nSPS) is 10.7. The highest BCUT2D eigenvalue weighted by Crippen LogP contribution is 2.17. The van der Waals surface area contributed by atoms with Gasteiger partial charge in [-0.1, -0.05) is 0 Å². The smallest absolute Gasteiger partial charge is 0.332 e. The van der Waals surface area contributed by atoms with E-state index in [2.05, 4.69) is 10.3 Å². The first kappa shape index (κ1) is 17.4. The minimum atomic E-state index is -0.494. The van der Waals surface area contributed by atoms with Gasteiger partial charge in [-0.2, -0.15) is 0 Å². The average Bonchev–Trinajstić information content (AvgIpc) is 2.66. The molecule has 1 aromatic carbocycles. The van der Waals surface area contributed by atoms with Crippen molar-refractivity contribution in [3.63, 3.8) is 0 Å². The van der Waals surface area contributed by atoms with Gasteiger partial charge in [-0.3, -0.25) is 18.7 Å². The lowest BCUT2D eigenvalue weighted by Crippen LogP contribution is -2.37. The van der Waals surface area contributed by atoms with E-state index in [0.29, 0.717) is 18.0 Å². The van der Waals surface area contributed by atoms with Crippen LogP contribution in [0, 0.1) is 0 Å². The van der Waals surface area contributed by atoms with Crippen LogP contribution >= 0.6 is 0 Å². The predicted molar refractivity (Wildman–Crippen MR) is 97.8 cm³/mol. The number of hydrogen-bond donors (Lipinski definition) is 1. The molecule has 0 saturated carbocycles. The number of benzene rings is 1. The van der Waals surface area contributed by atoms with Crippen LogP contribution in [0.15, 0.2) is 46.1 Å². The van der Waals surface area contributed by atoms with Crippen molar-refractivity contribution in [2.75, 3.05) is 11.9 Å². The Kier molecular flexibility index (Phi) is 4.57. The van der Waals surface area contributed by atoms with Crippen LogP contribution in [0.1, 0.15) is 17.3 Å². The Balaban J connectivity index is 1.94. The summed E-state index contributed by atoms with van der Waals surface area (Å²) >= 11 is 0. The number of fused-ring (bicyclic) bond motifs is 1. The SMILES string of the molecule is CCOc1ccc(NC(=O)c2cnc3c(c2)c(=O)n(C)c(=O)n3C)cc1. The molecule has 0 aliphatic carbocycles. The molecule has 0 unspecified atom stereocenters. The lowest BCUT2D eigenvalue weighted by atomic mass is 10.2. The zero-order chi connectivity index (χ0) is 18.8. The summed E-state index contributed by atoms with van der Waals surface area (Å²) in [5.74, 6) is 0.307. The van der Waals surface area contributed by atoms with Crippen molar-refractivity contribution in [1.82, 2.24) is 14.1 Å². The highest BCUT2D eigenvalue weighted by molar-refractivity contribution is 6.05. The van der Waals surface area contributed by atoms with Gasteiger partial charge in [0.05, 0.1) is 17.6 Å². The van der Waals surface area contributed by atoms with Crippen LogP contribution in [0.5, 0.6) is 5.75 Å². The Labute approximate surface area is 148 Å². The second kappa shape index (κ2) is 6.83. The van der Waals surface area contributed by atoms with E-state index in [9.17, 15) is 14.4 Å². The number of pyridine rings is 1. The molecule has 2 aromatic heterocycles. The highest BCUT2D eigenvalue weighted by Gasteiger charge is 2.13. The fourth-order valence-electron chi connectivity index (χ4n) is 2.59. The number of ether oxygens (including phenoxy) is 1. The van der Waals surface area contributed by atoms with Gasteiger partial charge in [0.25, 0.3) is 11.5 Å². The molecule has 0 saturated heterocycles. The van der Waals surface area contributed by atoms with Crippen molar-refractivity contribution in [1.29, 1.82) is 0 Å². The Morgan fingerprint density at radius 2 is 1.85 bits per heavy atom. The summed E-state index contributed by atoms with van der Waals surface area (Å²) in [6.07, 6.45) is 1.34. The summed E-state index contributed by atoms with van der Waals surface area (Å²) in [7, 11) is 2.91. The molecule has 0 aliphatic heterocycles. The van der Waals surface area contributed by atoms with E-state index in [4.69, 9.17) is 4.74 Å². The summed E-state index contributed by atoms with van der Waals surface area (Å²) in [5, 5.41) is 2.94. The van der Waals surface area contributed by atoms with Crippen LogP contribution in [-0.2, 0) is 14.1 Å². The third-order valence-corrected chi connectivity index (χ3v) is 3.98. The van der Waals surface area contributed by atoms with Crippen LogP contribution in [0.25, 0.3) is 11.0 Å². The predicted octanol–water partition coefficient (Wildman–Crippen LogP) is 1.28. The lowest BCUT2D eigenvalue weighted by Gasteiger charge is -2.09. The molecule has 0 bridgehead atoms. The minimum Gasteiger partial charge on any atom is -0.494 e. The van der Waals surface area contributed by atoms with E-state index in [1.165, 1.54) is 30.9 Å². The number of anilines is 1. The number of carbonyl (C=O) groups excluding carboxylic acids is 1. The molecular formula is C18H18N4O4. The maximum atomic E-state index is 12.5.